The van der Waals surface area contributed by atoms with Crippen LogP contribution in [0, 0.1) is 5.41 Å². The van der Waals surface area contributed by atoms with E-state index in [1.807, 2.05) is 0 Å². The van der Waals surface area contributed by atoms with Crippen molar-refractivity contribution in [3.8, 4) is 0 Å². The topological polar surface area (TPSA) is 40.5 Å². The number of rotatable bonds is 3. The fourth-order valence-corrected chi connectivity index (χ4v) is 3.12. The van der Waals surface area contributed by atoms with Crippen LogP contribution >= 0.6 is 0 Å². The van der Waals surface area contributed by atoms with E-state index >= 15 is 0 Å². The van der Waals surface area contributed by atoms with E-state index in [0.717, 1.165) is 12.8 Å². The van der Waals surface area contributed by atoms with Crippen molar-refractivity contribution in [3.63, 3.8) is 0 Å². The van der Waals surface area contributed by atoms with Gasteiger partial charge >= 0.3 is 5.97 Å². The highest BCUT2D eigenvalue weighted by Crippen LogP contribution is 2.56. The maximum Gasteiger partial charge on any atom is 0.305 e. The number of carboxylic acids is 1. The van der Waals surface area contributed by atoms with E-state index in [1.54, 1.807) is 0 Å². The zero-order chi connectivity index (χ0) is 9.81. The van der Waals surface area contributed by atoms with Crippen molar-refractivity contribution < 1.29 is 9.90 Å². The summed E-state index contributed by atoms with van der Waals surface area (Å²) in [5, 5.41) is 8.83. The molecule has 1 aliphatic heterocycles. The molecule has 1 saturated heterocycles. The lowest BCUT2D eigenvalue weighted by atomic mass is 9.63. The van der Waals surface area contributed by atoms with Gasteiger partial charge in [0.25, 0.3) is 0 Å². The average molecular weight is 195 g/mol. The molecule has 3 fully saturated rings. The van der Waals surface area contributed by atoms with E-state index in [2.05, 4.69) is 4.90 Å². The van der Waals surface area contributed by atoms with E-state index in [4.69, 9.17) is 5.11 Å². The Morgan fingerprint density at radius 3 is 2.21 bits per heavy atom. The third-order valence-corrected chi connectivity index (χ3v) is 4.45. The third-order valence-electron chi connectivity index (χ3n) is 4.45. The minimum Gasteiger partial charge on any atom is -0.481 e. The Morgan fingerprint density at radius 1 is 1.21 bits per heavy atom. The van der Waals surface area contributed by atoms with Crippen molar-refractivity contribution in [2.45, 2.75) is 44.1 Å². The molecule has 1 heterocycles. The van der Waals surface area contributed by atoms with E-state index in [9.17, 15) is 4.79 Å². The van der Waals surface area contributed by atoms with Gasteiger partial charge in [-0.3, -0.25) is 9.69 Å². The molecule has 0 radical (unpaired) electrons. The van der Waals surface area contributed by atoms with E-state index in [1.165, 1.54) is 32.4 Å². The van der Waals surface area contributed by atoms with Crippen LogP contribution in [0.4, 0.5) is 0 Å². The Hall–Kier alpha value is -0.570. The summed E-state index contributed by atoms with van der Waals surface area (Å²) in [6, 6.07) is 0. The minimum atomic E-state index is -0.628. The first-order chi connectivity index (χ1) is 6.64. The summed E-state index contributed by atoms with van der Waals surface area (Å²) < 4.78 is 0. The maximum absolute atomic E-state index is 10.7. The standard InChI is InChI=1S/C11H17NO2/c13-9(14)6-11(4-5-11)12-7-10(8-12)2-1-3-10/h1-8H2,(H,13,14). The Morgan fingerprint density at radius 2 is 1.86 bits per heavy atom. The first-order valence-corrected chi connectivity index (χ1v) is 5.61. The lowest BCUT2D eigenvalue weighted by molar-refractivity contribution is -0.143. The molecule has 0 aromatic carbocycles. The first-order valence-electron chi connectivity index (χ1n) is 5.61. The molecule has 14 heavy (non-hydrogen) atoms. The highest BCUT2D eigenvalue weighted by Gasteiger charge is 2.58. The molecule has 0 amide bonds. The van der Waals surface area contributed by atoms with Crippen LogP contribution in [0.15, 0.2) is 0 Å². The molecular weight excluding hydrogens is 178 g/mol. The van der Waals surface area contributed by atoms with Crippen molar-refractivity contribution in [2.24, 2.45) is 5.41 Å². The summed E-state index contributed by atoms with van der Waals surface area (Å²) in [6.45, 7) is 2.36. The SMILES string of the molecule is O=C(O)CC1(N2CC3(CCC3)C2)CC1. The van der Waals surface area contributed by atoms with Gasteiger partial charge < -0.3 is 5.11 Å². The van der Waals surface area contributed by atoms with Crippen molar-refractivity contribution in [1.82, 2.24) is 4.90 Å². The van der Waals surface area contributed by atoms with E-state index in [0.29, 0.717) is 11.8 Å². The summed E-state index contributed by atoms with van der Waals surface area (Å²) in [5.74, 6) is -0.628. The largest absolute Gasteiger partial charge is 0.481 e. The van der Waals surface area contributed by atoms with Crippen LogP contribution in [0.5, 0.6) is 0 Å². The van der Waals surface area contributed by atoms with Crippen molar-refractivity contribution in [2.75, 3.05) is 13.1 Å². The van der Waals surface area contributed by atoms with Crippen molar-refractivity contribution in [1.29, 1.82) is 0 Å². The predicted molar refractivity (Wildman–Crippen MR) is 52.1 cm³/mol. The van der Waals surface area contributed by atoms with Gasteiger partial charge in [0.15, 0.2) is 0 Å². The second-order valence-electron chi connectivity index (χ2n) is 5.50. The first kappa shape index (κ1) is 8.72. The second kappa shape index (κ2) is 2.51. The fourth-order valence-electron chi connectivity index (χ4n) is 3.12. The fraction of sp³-hybridized carbons (Fsp3) is 0.909. The highest BCUT2D eigenvalue weighted by atomic mass is 16.4. The highest BCUT2D eigenvalue weighted by molar-refractivity contribution is 5.69. The van der Waals surface area contributed by atoms with Crippen LogP contribution in [0.25, 0.3) is 0 Å². The average Bonchev–Trinajstić information content (AvgIpc) is 2.60. The van der Waals surface area contributed by atoms with Gasteiger partial charge in [-0.05, 0) is 31.1 Å². The van der Waals surface area contributed by atoms with Gasteiger partial charge in [0, 0.05) is 18.6 Å². The Bertz CT molecular complexity index is 271. The van der Waals surface area contributed by atoms with Crippen LogP contribution in [0.1, 0.15) is 38.5 Å². The summed E-state index contributed by atoms with van der Waals surface area (Å²) in [5.41, 5.74) is 0.723. The molecule has 0 bridgehead atoms. The molecule has 2 aliphatic carbocycles. The second-order valence-corrected chi connectivity index (χ2v) is 5.50. The van der Waals surface area contributed by atoms with E-state index < -0.39 is 5.97 Å². The molecule has 3 heteroatoms. The number of hydrogen-bond donors (Lipinski definition) is 1. The van der Waals surface area contributed by atoms with E-state index in [-0.39, 0.29) is 5.54 Å². The molecule has 3 aliphatic rings. The molecule has 3 nitrogen and oxygen atoms in total. The number of likely N-dealkylation sites (tertiary alicyclic amines) is 1. The van der Waals surface area contributed by atoms with Gasteiger partial charge in [0.2, 0.25) is 0 Å². The molecule has 78 valence electrons. The van der Waals surface area contributed by atoms with Gasteiger partial charge in [-0.15, -0.1) is 0 Å². The zero-order valence-electron chi connectivity index (χ0n) is 8.46. The predicted octanol–water partition coefficient (Wildman–Crippen LogP) is 1.48. The molecule has 3 rings (SSSR count). The summed E-state index contributed by atoms with van der Waals surface area (Å²) >= 11 is 0. The molecule has 1 N–H and O–H groups in total. The number of aliphatic carboxylic acids is 1. The molecule has 0 aromatic rings. The molecule has 0 unspecified atom stereocenters. The van der Waals surface area contributed by atoms with Crippen molar-refractivity contribution >= 4 is 5.97 Å². The van der Waals surface area contributed by atoms with Crippen LogP contribution < -0.4 is 0 Å². The summed E-state index contributed by atoms with van der Waals surface area (Å²) in [7, 11) is 0. The summed E-state index contributed by atoms with van der Waals surface area (Å²) in [4.78, 5) is 13.1. The molecular formula is C11H17NO2. The van der Waals surface area contributed by atoms with Crippen LogP contribution in [-0.4, -0.2) is 34.6 Å². The lowest BCUT2D eigenvalue weighted by Gasteiger charge is -2.58. The van der Waals surface area contributed by atoms with Crippen LogP contribution in [0.3, 0.4) is 0 Å². The Balaban J connectivity index is 1.60. The van der Waals surface area contributed by atoms with Gasteiger partial charge in [-0.1, -0.05) is 6.42 Å². The quantitative estimate of drug-likeness (QED) is 0.741. The monoisotopic (exact) mass is 195 g/mol. The van der Waals surface area contributed by atoms with Crippen LogP contribution in [-0.2, 0) is 4.79 Å². The minimum absolute atomic E-state index is 0.0900. The Kier molecular flexibility index (Phi) is 1.56. The molecule has 0 aromatic heterocycles. The zero-order valence-corrected chi connectivity index (χ0v) is 8.46. The van der Waals surface area contributed by atoms with Gasteiger partial charge in [0.05, 0.1) is 6.42 Å². The van der Waals surface area contributed by atoms with Gasteiger partial charge in [-0.2, -0.15) is 0 Å². The smallest absolute Gasteiger partial charge is 0.305 e. The lowest BCUT2D eigenvalue weighted by Crippen LogP contribution is -2.63. The number of carbonyl (C=O) groups is 1. The number of hydrogen-bond acceptors (Lipinski definition) is 2. The van der Waals surface area contributed by atoms with Gasteiger partial charge in [0.1, 0.15) is 0 Å². The Labute approximate surface area is 84.1 Å². The van der Waals surface area contributed by atoms with Crippen LogP contribution in [0.2, 0.25) is 0 Å². The number of carboxylic acid groups (broad SMARTS) is 1. The third kappa shape index (κ3) is 1.11. The number of nitrogens with zero attached hydrogens (tertiary/aromatic N) is 1. The summed E-state index contributed by atoms with van der Waals surface area (Å²) in [6.07, 6.45) is 6.73. The molecule has 2 saturated carbocycles. The normalized spacial score (nSPS) is 32.0. The molecule has 0 atom stereocenters. The maximum atomic E-state index is 10.7. The molecule has 1 spiro atoms. The van der Waals surface area contributed by atoms with Gasteiger partial charge in [-0.25, -0.2) is 0 Å². The van der Waals surface area contributed by atoms with Crippen molar-refractivity contribution in [3.05, 3.63) is 0 Å².